The molecule has 0 fully saturated rings. The van der Waals surface area contributed by atoms with Gasteiger partial charge in [0.2, 0.25) is 0 Å². The maximum Gasteiger partial charge on any atom is 0.123 e. The average Bonchev–Trinajstić information content (AvgIpc) is 2.19. The zero-order valence-corrected chi connectivity index (χ0v) is 8.85. The molecule has 0 radical (unpaired) electrons. The lowest BCUT2D eigenvalue weighted by Gasteiger charge is -2.02. The van der Waals surface area contributed by atoms with Crippen LogP contribution in [0.25, 0.3) is 0 Å². The summed E-state index contributed by atoms with van der Waals surface area (Å²) in [7, 11) is -1.08. The van der Waals surface area contributed by atoms with E-state index in [0.717, 1.165) is 0 Å². The Morgan fingerprint density at radius 1 is 1.36 bits per heavy atom. The molecule has 4 heteroatoms. The van der Waals surface area contributed by atoms with Crippen molar-refractivity contribution in [3.05, 3.63) is 30.1 Å². The molecule has 0 bridgehead atoms. The van der Waals surface area contributed by atoms with Gasteiger partial charge in [-0.05, 0) is 31.2 Å². The lowest BCUT2D eigenvalue weighted by Crippen LogP contribution is -2.06. The van der Waals surface area contributed by atoms with E-state index in [9.17, 15) is 8.60 Å². The molecule has 1 unspecified atom stereocenters. The summed E-state index contributed by atoms with van der Waals surface area (Å²) in [6.45, 7) is 2.99. The lowest BCUT2D eigenvalue weighted by atomic mass is 10.4. The topological polar surface area (TPSA) is 26.3 Å². The van der Waals surface area contributed by atoms with Crippen molar-refractivity contribution in [3.63, 3.8) is 0 Å². The number of benzene rings is 1. The van der Waals surface area contributed by atoms with E-state index in [1.54, 1.807) is 0 Å². The number of hydrogen-bond donors (Lipinski definition) is 0. The fourth-order valence-electron chi connectivity index (χ4n) is 0.983. The molecule has 0 aliphatic heterocycles. The molecule has 0 spiro atoms. The Kier molecular flexibility index (Phi) is 4.76. The first-order valence-electron chi connectivity index (χ1n) is 4.45. The largest absolute Gasteiger partial charge is 0.381 e. The van der Waals surface area contributed by atoms with Gasteiger partial charge in [0.1, 0.15) is 5.82 Å². The lowest BCUT2D eigenvalue weighted by molar-refractivity contribution is 0.164. The SMILES string of the molecule is CCOCCS(=O)c1ccc(F)cc1. The first-order valence-corrected chi connectivity index (χ1v) is 5.77. The van der Waals surface area contributed by atoms with Crippen molar-refractivity contribution in [3.8, 4) is 0 Å². The fourth-order valence-corrected chi connectivity index (χ4v) is 1.93. The normalized spacial score (nSPS) is 12.7. The molecule has 14 heavy (non-hydrogen) atoms. The van der Waals surface area contributed by atoms with E-state index >= 15 is 0 Å². The summed E-state index contributed by atoms with van der Waals surface area (Å²) in [6.07, 6.45) is 0. The minimum absolute atomic E-state index is 0.310. The van der Waals surface area contributed by atoms with Crippen LogP contribution in [0.5, 0.6) is 0 Å². The molecular weight excluding hydrogens is 203 g/mol. The highest BCUT2D eigenvalue weighted by Crippen LogP contribution is 2.07. The van der Waals surface area contributed by atoms with Crippen molar-refractivity contribution in [1.29, 1.82) is 0 Å². The van der Waals surface area contributed by atoms with Gasteiger partial charge in [0, 0.05) is 11.5 Å². The molecule has 1 rings (SSSR count). The molecule has 0 aliphatic carbocycles. The second-order valence-electron chi connectivity index (χ2n) is 2.70. The van der Waals surface area contributed by atoms with Crippen LogP contribution < -0.4 is 0 Å². The molecule has 0 aromatic heterocycles. The van der Waals surface area contributed by atoms with Crippen LogP contribution in [0.4, 0.5) is 4.39 Å². The van der Waals surface area contributed by atoms with Gasteiger partial charge < -0.3 is 4.74 Å². The first kappa shape index (κ1) is 11.3. The third-order valence-corrected chi connectivity index (χ3v) is 3.03. The van der Waals surface area contributed by atoms with Crippen molar-refractivity contribution < 1.29 is 13.3 Å². The van der Waals surface area contributed by atoms with Crippen LogP contribution in [0.2, 0.25) is 0 Å². The van der Waals surface area contributed by atoms with E-state index in [1.165, 1.54) is 24.3 Å². The van der Waals surface area contributed by atoms with Crippen molar-refractivity contribution in [2.75, 3.05) is 19.0 Å². The molecule has 0 aliphatic rings. The van der Waals surface area contributed by atoms with Crippen LogP contribution in [0, 0.1) is 5.82 Å². The van der Waals surface area contributed by atoms with E-state index in [1.807, 2.05) is 6.92 Å². The quantitative estimate of drug-likeness (QED) is 0.703. The Bertz CT molecular complexity index is 297. The molecule has 1 aromatic rings. The van der Waals surface area contributed by atoms with Crippen molar-refractivity contribution in [1.82, 2.24) is 0 Å². The highest BCUT2D eigenvalue weighted by molar-refractivity contribution is 7.85. The first-order chi connectivity index (χ1) is 6.74. The summed E-state index contributed by atoms with van der Waals surface area (Å²) in [6, 6.07) is 5.70. The Balaban J connectivity index is 2.48. The Morgan fingerprint density at radius 3 is 2.57 bits per heavy atom. The van der Waals surface area contributed by atoms with Gasteiger partial charge >= 0.3 is 0 Å². The van der Waals surface area contributed by atoms with Crippen LogP contribution in [0.3, 0.4) is 0 Å². The summed E-state index contributed by atoms with van der Waals surface area (Å²) in [5.41, 5.74) is 0. The molecule has 0 amide bonds. The molecule has 0 saturated carbocycles. The average molecular weight is 216 g/mol. The van der Waals surface area contributed by atoms with Crippen molar-refractivity contribution in [2.45, 2.75) is 11.8 Å². The van der Waals surface area contributed by atoms with Crippen LogP contribution in [0.15, 0.2) is 29.2 Å². The highest BCUT2D eigenvalue weighted by atomic mass is 32.2. The summed E-state index contributed by atoms with van der Waals surface area (Å²) >= 11 is 0. The van der Waals surface area contributed by atoms with Crippen molar-refractivity contribution in [2.24, 2.45) is 0 Å². The molecule has 78 valence electrons. The van der Waals surface area contributed by atoms with E-state index in [0.29, 0.717) is 23.9 Å². The Labute approximate surface area is 85.5 Å². The molecular formula is C10H13FO2S. The van der Waals surface area contributed by atoms with Crippen LogP contribution in [0.1, 0.15) is 6.92 Å². The van der Waals surface area contributed by atoms with Gasteiger partial charge in [-0.15, -0.1) is 0 Å². The maximum absolute atomic E-state index is 12.5. The Hall–Kier alpha value is -0.740. The van der Waals surface area contributed by atoms with Crippen molar-refractivity contribution >= 4 is 10.8 Å². The molecule has 0 saturated heterocycles. The van der Waals surface area contributed by atoms with E-state index in [-0.39, 0.29) is 5.82 Å². The van der Waals surface area contributed by atoms with Gasteiger partial charge in [-0.3, -0.25) is 4.21 Å². The molecule has 1 atom stereocenters. The monoisotopic (exact) mass is 216 g/mol. The van der Waals surface area contributed by atoms with Gasteiger partial charge in [0.15, 0.2) is 0 Å². The maximum atomic E-state index is 12.5. The van der Waals surface area contributed by atoms with Gasteiger partial charge in [0.05, 0.1) is 23.2 Å². The third kappa shape index (κ3) is 3.55. The summed E-state index contributed by atoms with van der Waals surface area (Å²) < 4.78 is 29.2. The molecule has 1 aromatic carbocycles. The summed E-state index contributed by atoms with van der Waals surface area (Å²) in [5.74, 6) is 0.148. The van der Waals surface area contributed by atoms with Gasteiger partial charge in [-0.25, -0.2) is 4.39 Å². The van der Waals surface area contributed by atoms with E-state index < -0.39 is 10.8 Å². The van der Waals surface area contributed by atoms with Crippen LogP contribution in [-0.2, 0) is 15.5 Å². The minimum Gasteiger partial charge on any atom is -0.381 e. The highest BCUT2D eigenvalue weighted by Gasteiger charge is 2.03. The number of rotatable bonds is 5. The van der Waals surface area contributed by atoms with Crippen LogP contribution >= 0.6 is 0 Å². The predicted octanol–water partition coefficient (Wildman–Crippen LogP) is 1.97. The second-order valence-corrected chi connectivity index (χ2v) is 4.27. The van der Waals surface area contributed by atoms with Gasteiger partial charge in [0.25, 0.3) is 0 Å². The zero-order chi connectivity index (χ0) is 10.4. The van der Waals surface area contributed by atoms with E-state index in [2.05, 4.69) is 0 Å². The number of ether oxygens (including phenoxy) is 1. The minimum atomic E-state index is -1.08. The molecule has 0 N–H and O–H groups in total. The van der Waals surface area contributed by atoms with Gasteiger partial charge in [-0.2, -0.15) is 0 Å². The molecule has 0 heterocycles. The third-order valence-electron chi connectivity index (χ3n) is 1.69. The standard InChI is InChI=1S/C10H13FO2S/c1-2-13-7-8-14(12)10-5-3-9(11)4-6-10/h3-6H,2,7-8H2,1H3. The Morgan fingerprint density at radius 2 is 2.00 bits per heavy atom. The van der Waals surface area contributed by atoms with Gasteiger partial charge in [-0.1, -0.05) is 0 Å². The smallest absolute Gasteiger partial charge is 0.123 e. The predicted molar refractivity (Wildman–Crippen MR) is 54.2 cm³/mol. The molecule has 2 nitrogen and oxygen atoms in total. The number of hydrogen-bond acceptors (Lipinski definition) is 2. The second kappa shape index (κ2) is 5.88. The van der Waals surface area contributed by atoms with Crippen LogP contribution in [-0.4, -0.2) is 23.2 Å². The van der Waals surface area contributed by atoms with E-state index in [4.69, 9.17) is 4.74 Å². The fraction of sp³-hybridized carbons (Fsp3) is 0.400. The zero-order valence-electron chi connectivity index (χ0n) is 8.03. The number of halogens is 1. The summed E-state index contributed by atoms with van der Waals surface area (Å²) in [5, 5.41) is 0. The summed E-state index contributed by atoms with van der Waals surface area (Å²) in [4.78, 5) is 0.645.